The third kappa shape index (κ3) is 3.11. The van der Waals surface area contributed by atoms with Gasteiger partial charge in [0.25, 0.3) is 0 Å². The van der Waals surface area contributed by atoms with Crippen molar-refractivity contribution in [1.82, 2.24) is 0 Å². The van der Waals surface area contributed by atoms with Crippen molar-refractivity contribution < 1.29 is 19.4 Å². The number of ether oxygens (including phenoxy) is 2. The molecule has 1 aliphatic heterocycles. The van der Waals surface area contributed by atoms with Crippen LogP contribution in [-0.2, 0) is 22.6 Å². The van der Waals surface area contributed by atoms with Gasteiger partial charge in [0.2, 0.25) is 0 Å². The largest absolute Gasteiger partial charge is 0.481 e. The van der Waals surface area contributed by atoms with Crippen LogP contribution in [0.5, 0.6) is 5.75 Å². The topological polar surface area (TPSA) is 55.8 Å². The van der Waals surface area contributed by atoms with Gasteiger partial charge in [0.05, 0.1) is 6.61 Å². The predicted molar refractivity (Wildman–Crippen MR) is 62.3 cm³/mol. The number of benzene rings is 1. The Balaban J connectivity index is 2.14. The molecular weight excluding hydrogens is 244 g/mol. The lowest BCUT2D eigenvalue weighted by molar-refractivity contribution is -0.137. The van der Waals surface area contributed by atoms with Crippen molar-refractivity contribution in [3.63, 3.8) is 0 Å². The van der Waals surface area contributed by atoms with Crippen LogP contribution in [0.15, 0.2) is 12.1 Å². The van der Waals surface area contributed by atoms with E-state index in [0.717, 1.165) is 16.9 Å². The van der Waals surface area contributed by atoms with Gasteiger partial charge in [0, 0.05) is 17.0 Å². The molecule has 0 saturated heterocycles. The Hall–Kier alpha value is -1.26. The smallest absolute Gasteiger partial charge is 0.303 e. The Morgan fingerprint density at radius 2 is 2.29 bits per heavy atom. The van der Waals surface area contributed by atoms with Crippen LogP contribution >= 0.6 is 11.6 Å². The van der Waals surface area contributed by atoms with E-state index in [0.29, 0.717) is 24.5 Å². The van der Waals surface area contributed by atoms with Gasteiger partial charge in [-0.2, -0.15) is 0 Å². The normalized spacial score (nSPS) is 13.9. The Kier molecular flexibility index (Phi) is 3.86. The molecule has 0 atom stereocenters. The molecule has 0 bridgehead atoms. The molecule has 0 fully saturated rings. The summed E-state index contributed by atoms with van der Waals surface area (Å²) in [5.74, 6) is 0.0104. The number of fused-ring (bicyclic) bond motifs is 1. The molecule has 1 aromatic carbocycles. The van der Waals surface area contributed by atoms with Crippen LogP contribution in [-0.4, -0.2) is 17.9 Å². The van der Waals surface area contributed by atoms with E-state index in [1.807, 2.05) is 12.1 Å². The fraction of sp³-hybridized carbons (Fsp3) is 0.417. The minimum atomic E-state index is -0.787. The van der Waals surface area contributed by atoms with Gasteiger partial charge in [-0.15, -0.1) is 0 Å². The number of hydrogen-bond donors (Lipinski definition) is 1. The summed E-state index contributed by atoms with van der Waals surface area (Å²) < 4.78 is 10.6. The van der Waals surface area contributed by atoms with Crippen LogP contribution < -0.4 is 4.74 Å². The first-order valence-electron chi connectivity index (χ1n) is 5.40. The lowest BCUT2D eigenvalue weighted by Crippen LogP contribution is -2.13. The molecule has 92 valence electrons. The predicted octanol–water partition coefficient (Wildman–Crippen LogP) is 2.61. The number of aliphatic carboxylic acids is 1. The highest BCUT2D eigenvalue weighted by Crippen LogP contribution is 2.32. The molecule has 5 heteroatoms. The van der Waals surface area contributed by atoms with Crippen molar-refractivity contribution in [3.05, 3.63) is 28.3 Å². The van der Waals surface area contributed by atoms with Crippen molar-refractivity contribution in [2.75, 3.05) is 6.79 Å². The standard InChI is InChI=1S/C12H13ClO4/c13-10-4-8(2-1-3-11(14)15)12-9(5-10)6-16-7-17-12/h4-5H,1-3,6-7H2,(H,14,15). The SMILES string of the molecule is O=C(O)CCCc1cc(Cl)cc2c1OCOC2. The summed E-state index contributed by atoms with van der Waals surface area (Å²) in [5, 5.41) is 9.24. The van der Waals surface area contributed by atoms with E-state index < -0.39 is 5.97 Å². The molecule has 17 heavy (non-hydrogen) atoms. The fourth-order valence-corrected chi connectivity index (χ4v) is 2.14. The van der Waals surface area contributed by atoms with Crippen LogP contribution in [0, 0.1) is 0 Å². The third-order valence-electron chi connectivity index (χ3n) is 2.59. The Morgan fingerprint density at radius 3 is 3.06 bits per heavy atom. The Bertz CT molecular complexity index is 431. The van der Waals surface area contributed by atoms with Gasteiger partial charge in [-0.3, -0.25) is 4.79 Å². The van der Waals surface area contributed by atoms with Crippen LogP contribution in [0.2, 0.25) is 5.02 Å². The Morgan fingerprint density at radius 1 is 1.47 bits per heavy atom. The highest BCUT2D eigenvalue weighted by Gasteiger charge is 2.16. The van der Waals surface area contributed by atoms with E-state index in [2.05, 4.69) is 0 Å². The van der Waals surface area contributed by atoms with Gasteiger partial charge in [-0.25, -0.2) is 0 Å². The third-order valence-corrected chi connectivity index (χ3v) is 2.81. The number of aryl methyl sites for hydroxylation is 1. The van der Waals surface area contributed by atoms with Crippen LogP contribution in [0.3, 0.4) is 0 Å². The minimum absolute atomic E-state index is 0.151. The number of carboxylic acid groups (broad SMARTS) is 1. The quantitative estimate of drug-likeness (QED) is 0.900. The van der Waals surface area contributed by atoms with E-state index in [1.54, 1.807) is 0 Å². The van der Waals surface area contributed by atoms with Gasteiger partial charge in [-0.05, 0) is 30.5 Å². The maximum atomic E-state index is 10.5. The summed E-state index contributed by atoms with van der Waals surface area (Å²) >= 11 is 6.00. The van der Waals surface area contributed by atoms with Gasteiger partial charge < -0.3 is 14.6 Å². The Labute approximate surface area is 104 Å². The summed E-state index contributed by atoms with van der Waals surface area (Å²) in [4.78, 5) is 10.5. The van der Waals surface area contributed by atoms with Crippen LogP contribution in [0.4, 0.5) is 0 Å². The summed E-state index contributed by atoms with van der Waals surface area (Å²) in [5.41, 5.74) is 1.88. The highest BCUT2D eigenvalue weighted by atomic mass is 35.5. The molecule has 0 spiro atoms. The zero-order valence-electron chi connectivity index (χ0n) is 9.24. The second-order valence-corrected chi connectivity index (χ2v) is 4.35. The molecular formula is C12H13ClO4. The van der Waals surface area contributed by atoms with Crippen LogP contribution in [0.25, 0.3) is 0 Å². The average Bonchev–Trinajstić information content (AvgIpc) is 2.28. The monoisotopic (exact) mass is 256 g/mol. The first-order valence-corrected chi connectivity index (χ1v) is 5.78. The second-order valence-electron chi connectivity index (χ2n) is 3.91. The fourth-order valence-electron chi connectivity index (χ4n) is 1.87. The molecule has 0 radical (unpaired) electrons. The van der Waals surface area contributed by atoms with Gasteiger partial charge >= 0.3 is 5.97 Å². The van der Waals surface area contributed by atoms with Gasteiger partial charge in [0.15, 0.2) is 6.79 Å². The molecule has 0 aliphatic carbocycles. The number of carboxylic acids is 1. The maximum absolute atomic E-state index is 10.5. The molecule has 1 aliphatic rings. The molecule has 1 N–H and O–H groups in total. The van der Waals surface area contributed by atoms with E-state index in [1.165, 1.54) is 0 Å². The average molecular weight is 257 g/mol. The lowest BCUT2D eigenvalue weighted by atomic mass is 10.0. The summed E-state index contributed by atoms with van der Waals surface area (Å²) in [7, 11) is 0. The summed E-state index contributed by atoms with van der Waals surface area (Å²) in [6, 6.07) is 3.64. The van der Waals surface area contributed by atoms with Gasteiger partial charge in [0.1, 0.15) is 5.75 Å². The first kappa shape index (κ1) is 12.2. The molecule has 1 heterocycles. The number of rotatable bonds is 4. The zero-order chi connectivity index (χ0) is 12.3. The lowest BCUT2D eigenvalue weighted by Gasteiger charge is -2.21. The summed E-state index contributed by atoms with van der Waals surface area (Å²) in [6.45, 7) is 0.725. The molecule has 0 amide bonds. The minimum Gasteiger partial charge on any atom is -0.481 e. The second kappa shape index (κ2) is 5.38. The van der Waals surface area contributed by atoms with Gasteiger partial charge in [-0.1, -0.05) is 11.6 Å². The number of hydrogen-bond acceptors (Lipinski definition) is 3. The maximum Gasteiger partial charge on any atom is 0.303 e. The molecule has 0 aromatic heterocycles. The number of halogens is 1. The highest BCUT2D eigenvalue weighted by molar-refractivity contribution is 6.30. The number of carbonyl (C=O) groups is 1. The van der Waals surface area contributed by atoms with E-state index >= 15 is 0 Å². The molecule has 0 saturated carbocycles. The van der Waals surface area contributed by atoms with Crippen molar-refractivity contribution in [1.29, 1.82) is 0 Å². The molecule has 4 nitrogen and oxygen atoms in total. The molecule has 0 unspecified atom stereocenters. The van der Waals surface area contributed by atoms with Crippen molar-refractivity contribution in [2.45, 2.75) is 25.9 Å². The molecule has 2 rings (SSSR count). The first-order chi connectivity index (χ1) is 8.16. The van der Waals surface area contributed by atoms with Crippen molar-refractivity contribution >= 4 is 17.6 Å². The van der Waals surface area contributed by atoms with Crippen molar-refractivity contribution in [2.24, 2.45) is 0 Å². The van der Waals surface area contributed by atoms with E-state index in [4.69, 9.17) is 26.2 Å². The van der Waals surface area contributed by atoms with Crippen LogP contribution in [0.1, 0.15) is 24.0 Å². The zero-order valence-corrected chi connectivity index (χ0v) is 10.00. The molecule has 1 aromatic rings. The van der Waals surface area contributed by atoms with Crippen molar-refractivity contribution in [3.8, 4) is 5.75 Å². The summed E-state index contributed by atoms with van der Waals surface area (Å²) in [6.07, 6.45) is 1.37. The van der Waals surface area contributed by atoms with E-state index in [-0.39, 0.29) is 13.2 Å². The van der Waals surface area contributed by atoms with E-state index in [9.17, 15) is 4.79 Å².